The van der Waals surface area contributed by atoms with E-state index in [9.17, 15) is 9.59 Å². The quantitative estimate of drug-likeness (QED) is 0.386. The molecular weight excluding hydrogens is 476 g/mol. The van der Waals surface area contributed by atoms with E-state index in [1.54, 1.807) is 0 Å². The Balaban J connectivity index is 1.06. The van der Waals surface area contributed by atoms with Crippen molar-refractivity contribution in [1.29, 1.82) is 0 Å². The Kier molecular flexibility index (Phi) is 7.30. The number of piperazine rings is 1. The van der Waals surface area contributed by atoms with Crippen molar-refractivity contribution in [2.75, 3.05) is 47.9 Å². The van der Waals surface area contributed by atoms with Crippen LogP contribution in [0.25, 0.3) is 22.0 Å². The number of thioether (sulfide) groups is 1. The van der Waals surface area contributed by atoms with Gasteiger partial charge >= 0.3 is 0 Å². The molecule has 0 radical (unpaired) electrons. The van der Waals surface area contributed by atoms with Crippen LogP contribution < -0.4 is 10.2 Å². The van der Waals surface area contributed by atoms with Crippen molar-refractivity contribution < 1.29 is 9.59 Å². The summed E-state index contributed by atoms with van der Waals surface area (Å²) >= 11 is 2.75. The SMILES string of the molecule is O=C(CSCC(=O)N1CCN(c2ccccc2)CC1)Nc1nc(-c2ccc3ccccc3c2)cs1. The van der Waals surface area contributed by atoms with E-state index in [2.05, 4.69) is 51.6 Å². The summed E-state index contributed by atoms with van der Waals surface area (Å²) in [6, 6.07) is 24.7. The molecule has 0 spiro atoms. The molecule has 1 aliphatic rings. The molecule has 0 aliphatic carbocycles. The van der Waals surface area contributed by atoms with E-state index in [-0.39, 0.29) is 17.6 Å². The minimum atomic E-state index is -0.142. The Morgan fingerprint density at radius 3 is 2.43 bits per heavy atom. The third-order valence-electron chi connectivity index (χ3n) is 6.01. The number of carbonyl (C=O) groups is 2. The van der Waals surface area contributed by atoms with Crippen LogP contribution >= 0.6 is 23.1 Å². The van der Waals surface area contributed by atoms with Crippen LogP contribution in [0.2, 0.25) is 0 Å². The van der Waals surface area contributed by atoms with Crippen molar-refractivity contribution in [3.63, 3.8) is 0 Å². The molecule has 6 nitrogen and oxygen atoms in total. The highest BCUT2D eigenvalue weighted by molar-refractivity contribution is 8.00. The van der Waals surface area contributed by atoms with Crippen molar-refractivity contribution in [3.8, 4) is 11.3 Å². The number of benzene rings is 3. The van der Waals surface area contributed by atoms with Gasteiger partial charge in [-0.2, -0.15) is 0 Å². The smallest absolute Gasteiger partial charge is 0.236 e. The van der Waals surface area contributed by atoms with Crippen molar-refractivity contribution >= 4 is 56.5 Å². The minimum Gasteiger partial charge on any atom is -0.368 e. The number of hydrogen-bond acceptors (Lipinski definition) is 6. The fraction of sp³-hybridized carbons (Fsp3) is 0.222. The lowest BCUT2D eigenvalue weighted by Crippen LogP contribution is -2.49. The molecule has 5 rings (SSSR count). The summed E-state index contributed by atoms with van der Waals surface area (Å²) in [5.41, 5.74) is 3.05. The molecule has 0 bridgehead atoms. The van der Waals surface area contributed by atoms with Gasteiger partial charge in [-0.1, -0.05) is 54.6 Å². The van der Waals surface area contributed by atoms with Crippen LogP contribution in [-0.4, -0.2) is 59.4 Å². The highest BCUT2D eigenvalue weighted by atomic mass is 32.2. The molecule has 1 N–H and O–H groups in total. The molecule has 2 heterocycles. The van der Waals surface area contributed by atoms with E-state index in [1.807, 2.05) is 46.7 Å². The maximum Gasteiger partial charge on any atom is 0.236 e. The zero-order valence-electron chi connectivity index (χ0n) is 19.2. The van der Waals surface area contributed by atoms with Crippen molar-refractivity contribution in [2.45, 2.75) is 0 Å². The van der Waals surface area contributed by atoms with Gasteiger partial charge in [0.25, 0.3) is 0 Å². The van der Waals surface area contributed by atoms with Crippen LogP contribution in [0.4, 0.5) is 10.8 Å². The number of thiazole rings is 1. The molecule has 1 aromatic heterocycles. The predicted molar refractivity (Wildman–Crippen MR) is 146 cm³/mol. The van der Waals surface area contributed by atoms with Crippen LogP contribution in [-0.2, 0) is 9.59 Å². The van der Waals surface area contributed by atoms with Crippen LogP contribution in [0.15, 0.2) is 78.2 Å². The predicted octanol–water partition coefficient (Wildman–Crippen LogP) is 4.98. The molecule has 3 aromatic carbocycles. The van der Waals surface area contributed by atoms with Crippen LogP contribution in [0.5, 0.6) is 0 Å². The first-order valence-corrected chi connectivity index (χ1v) is 13.6. The van der Waals surface area contributed by atoms with Crippen molar-refractivity contribution in [3.05, 3.63) is 78.2 Å². The lowest BCUT2D eigenvalue weighted by molar-refractivity contribution is -0.128. The second kappa shape index (κ2) is 10.9. The molecule has 1 saturated heterocycles. The number of para-hydroxylation sites is 1. The van der Waals surface area contributed by atoms with Crippen LogP contribution in [0, 0.1) is 0 Å². The van der Waals surface area contributed by atoms with Gasteiger partial charge in [0, 0.05) is 42.8 Å². The van der Waals surface area contributed by atoms with Gasteiger partial charge in [-0.15, -0.1) is 23.1 Å². The van der Waals surface area contributed by atoms with Crippen molar-refractivity contribution in [1.82, 2.24) is 9.88 Å². The number of fused-ring (bicyclic) bond motifs is 1. The molecule has 2 amide bonds. The van der Waals surface area contributed by atoms with E-state index in [0.717, 1.165) is 29.7 Å². The standard InChI is InChI=1S/C27H26N4O2S2/c32-25(18-34-19-26(33)31-14-12-30(13-15-31)23-8-2-1-3-9-23)29-27-28-24(17-35-27)22-11-10-20-6-4-5-7-21(20)16-22/h1-11,16-17H,12-15,18-19H2,(H,28,29,32). The summed E-state index contributed by atoms with van der Waals surface area (Å²) < 4.78 is 0. The first-order chi connectivity index (χ1) is 17.2. The third kappa shape index (κ3) is 5.83. The molecule has 0 saturated carbocycles. The normalized spacial score (nSPS) is 13.7. The Labute approximate surface area is 213 Å². The zero-order chi connectivity index (χ0) is 24.0. The fourth-order valence-electron chi connectivity index (χ4n) is 4.14. The Bertz CT molecular complexity index is 1320. The van der Waals surface area contributed by atoms with Gasteiger partial charge in [0.15, 0.2) is 5.13 Å². The zero-order valence-corrected chi connectivity index (χ0v) is 20.9. The van der Waals surface area contributed by atoms with E-state index in [1.165, 1.54) is 34.2 Å². The molecule has 0 unspecified atom stereocenters. The van der Waals surface area contributed by atoms with Gasteiger partial charge in [0.05, 0.1) is 17.2 Å². The molecule has 35 heavy (non-hydrogen) atoms. The lowest BCUT2D eigenvalue weighted by Gasteiger charge is -2.36. The van der Waals surface area contributed by atoms with E-state index in [4.69, 9.17) is 0 Å². The molecule has 178 valence electrons. The number of nitrogens with one attached hydrogen (secondary N) is 1. The number of anilines is 2. The number of rotatable bonds is 7. The monoisotopic (exact) mass is 502 g/mol. The number of aromatic nitrogens is 1. The molecule has 0 atom stereocenters. The van der Waals surface area contributed by atoms with Crippen molar-refractivity contribution in [2.24, 2.45) is 0 Å². The van der Waals surface area contributed by atoms with Gasteiger partial charge < -0.3 is 15.1 Å². The summed E-state index contributed by atoms with van der Waals surface area (Å²) in [5.74, 6) is 0.471. The molecule has 1 aliphatic heterocycles. The fourth-order valence-corrected chi connectivity index (χ4v) is 5.60. The second-order valence-electron chi connectivity index (χ2n) is 8.34. The summed E-state index contributed by atoms with van der Waals surface area (Å²) in [6.45, 7) is 3.06. The van der Waals surface area contributed by atoms with Gasteiger partial charge in [-0.3, -0.25) is 9.59 Å². The lowest BCUT2D eigenvalue weighted by atomic mass is 10.1. The molecular formula is C27H26N4O2S2. The van der Waals surface area contributed by atoms with Gasteiger partial charge in [0.2, 0.25) is 11.8 Å². The molecule has 4 aromatic rings. The number of carbonyl (C=O) groups excluding carboxylic acids is 2. The average molecular weight is 503 g/mol. The summed E-state index contributed by atoms with van der Waals surface area (Å²) in [4.78, 5) is 33.7. The average Bonchev–Trinajstić information content (AvgIpc) is 3.37. The van der Waals surface area contributed by atoms with Gasteiger partial charge in [0.1, 0.15) is 0 Å². The van der Waals surface area contributed by atoms with Crippen LogP contribution in [0.3, 0.4) is 0 Å². The minimum absolute atomic E-state index is 0.0864. The summed E-state index contributed by atoms with van der Waals surface area (Å²) in [5, 5.41) is 7.73. The first-order valence-electron chi connectivity index (χ1n) is 11.6. The number of nitrogens with zero attached hydrogens (tertiary/aromatic N) is 3. The van der Waals surface area contributed by atoms with E-state index in [0.29, 0.717) is 24.0 Å². The Morgan fingerprint density at radius 2 is 1.63 bits per heavy atom. The van der Waals surface area contributed by atoms with Gasteiger partial charge in [-0.25, -0.2) is 4.98 Å². The number of amides is 2. The maximum absolute atomic E-state index is 12.6. The Morgan fingerprint density at radius 1 is 0.886 bits per heavy atom. The van der Waals surface area contributed by atoms with E-state index < -0.39 is 0 Å². The van der Waals surface area contributed by atoms with Crippen LogP contribution in [0.1, 0.15) is 0 Å². The second-order valence-corrected chi connectivity index (χ2v) is 10.2. The third-order valence-corrected chi connectivity index (χ3v) is 7.68. The topological polar surface area (TPSA) is 65.5 Å². The largest absolute Gasteiger partial charge is 0.368 e. The van der Waals surface area contributed by atoms with Gasteiger partial charge in [-0.05, 0) is 29.0 Å². The molecule has 8 heteroatoms. The summed E-state index contributed by atoms with van der Waals surface area (Å²) in [6.07, 6.45) is 0. The first kappa shape index (κ1) is 23.4. The van der Waals surface area contributed by atoms with E-state index >= 15 is 0 Å². The number of hydrogen-bond donors (Lipinski definition) is 1. The maximum atomic E-state index is 12.6. The molecule has 1 fully saturated rings. The summed E-state index contributed by atoms with van der Waals surface area (Å²) in [7, 11) is 0. The highest BCUT2D eigenvalue weighted by Gasteiger charge is 2.21. The highest BCUT2D eigenvalue weighted by Crippen LogP contribution is 2.28. The Hall–Kier alpha value is -3.36.